The van der Waals surface area contributed by atoms with Gasteiger partial charge >= 0.3 is 0 Å². The standard InChI is InChI=1S/C15H14N2O2S2/c1-17(9-13-10-20-11-16-13)21(18,19)15-8-4-6-12-5-2-3-7-14(12)15/h2-8,10-11H,9H2,1H3. The molecule has 0 N–H and O–H groups in total. The molecule has 0 aliphatic heterocycles. The van der Waals surface area contributed by atoms with E-state index in [1.807, 2.05) is 35.7 Å². The Kier molecular flexibility index (Phi) is 3.75. The monoisotopic (exact) mass is 318 g/mol. The Morgan fingerprint density at radius 3 is 2.67 bits per heavy atom. The molecule has 1 heterocycles. The number of hydrogen-bond acceptors (Lipinski definition) is 4. The zero-order valence-electron chi connectivity index (χ0n) is 11.4. The molecule has 3 aromatic rings. The second-order valence-corrected chi connectivity index (χ2v) is 7.45. The predicted molar refractivity (Wildman–Crippen MR) is 84.7 cm³/mol. The van der Waals surface area contributed by atoms with Crippen LogP contribution in [0, 0.1) is 0 Å². The van der Waals surface area contributed by atoms with Gasteiger partial charge in [-0.05, 0) is 11.5 Å². The van der Waals surface area contributed by atoms with Crippen LogP contribution in [0.2, 0.25) is 0 Å². The first-order valence-electron chi connectivity index (χ1n) is 6.40. The van der Waals surface area contributed by atoms with Crippen LogP contribution in [0.15, 0.2) is 58.3 Å². The molecule has 4 nitrogen and oxygen atoms in total. The first-order valence-corrected chi connectivity index (χ1v) is 8.78. The number of fused-ring (bicyclic) bond motifs is 1. The molecule has 0 bridgehead atoms. The Balaban J connectivity index is 2.04. The third-order valence-corrected chi connectivity index (χ3v) is 5.80. The van der Waals surface area contributed by atoms with E-state index >= 15 is 0 Å². The number of nitrogens with zero attached hydrogens (tertiary/aromatic N) is 2. The molecule has 0 atom stereocenters. The van der Waals surface area contributed by atoms with Crippen molar-refractivity contribution < 1.29 is 8.42 Å². The van der Waals surface area contributed by atoms with Crippen molar-refractivity contribution in [3.05, 3.63) is 59.0 Å². The van der Waals surface area contributed by atoms with Crippen molar-refractivity contribution in [2.24, 2.45) is 0 Å². The van der Waals surface area contributed by atoms with Gasteiger partial charge in [0, 0.05) is 17.8 Å². The van der Waals surface area contributed by atoms with Crippen molar-refractivity contribution >= 4 is 32.1 Å². The lowest BCUT2D eigenvalue weighted by molar-refractivity contribution is 0.464. The first kappa shape index (κ1) is 14.2. The minimum absolute atomic E-state index is 0.273. The average molecular weight is 318 g/mol. The number of rotatable bonds is 4. The number of thiazole rings is 1. The summed E-state index contributed by atoms with van der Waals surface area (Å²) in [6, 6.07) is 12.8. The Hall–Kier alpha value is -1.76. The summed E-state index contributed by atoms with van der Waals surface area (Å²) >= 11 is 1.46. The molecule has 108 valence electrons. The van der Waals surface area contributed by atoms with Crippen molar-refractivity contribution in [3.63, 3.8) is 0 Å². The molecule has 0 unspecified atom stereocenters. The third kappa shape index (κ3) is 2.70. The third-order valence-electron chi connectivity index (χ3n) is 3.31. The summed E-state index contributed by atoms with van der Waals surface area (Å²) in [7, 11) is -1.96. The average Bonchev–Trinajstić information content (AvgIpc) is 2.99. The van der Waals surface area contributed by atoms with Crippen LogP contribution in [-0.2, 0) is 16.6 Å². The fourth-order valence-electron chi connectivity index (χ4n) is 2.22. The number of sulfonamides is 1. The Morgan fingerprint density at radius 2 is 1.90 bits per heavy atom. The van der Waals surface area contributed by atoms with Gasteiger partial charge in [-0.2, -0.15) is 4.31 Å². The normalized spacial score (nSPS) is 12.1. The van der Waals surface area contributed by atoms with E-state index < -0.39 is 10.0 Å². The predicted octanol–water partition coefficient (Wildman–Crippen LogP) is 3.12. The van der Waals surface area contributed by atoms with Crippen LogP contribution < -0.4 is 0 Å². The molecule has 0 aliphatic carbocycles. The zero-order valence-corrected chi connectivity index (χ0v) is 13.1. The minimum Gasteiger partial charge on any atom is -0.248 e. The van der Waals surface area contributed by atoms with E-state index in [2.05, 4.69) is 4.98 Å². The van der Waals surface area contributed by atoms with Crippen molar-refractivity contribution in [2.45, 2.75) is 11.4 Å². The van der Waals surface area contributed by atoms with Gasteiger partial charge in [0.15, 0.2) is 0 Å². The van der Waals surface area contributed by atoms with E-state index in [9.17, 15) is 8.42 Å². The van der Waals surface area contributed by atoms with Crippen LogP contribution in [0.5, 0.6) is 0 Å². The van der Waals surface area contributed by atoms with E-state index in [-0.39, 0.29) is 6.54 Å². The molecule has 0 saturated heterocycles. The molecule has 0 aliphatic rings. The van der Waals surface area contributed by atoms with Crippen LogP contribution in [0.1, 0.15) is 5.69 Å². The summed E-state index contributed by atoms with van der Waals surface area (Å²) < 4.78 is 26.9. The maximum Gasteiger partial charge on any atom is 0.243 e. The Bertz CT molecular complexity index is 853. The summed E-state index contributed by atoms with van der Waals surface area (Å²) in [5, 5.41) is 3.51. The van der Waals surface area contributed by atoms with Gasteiger partial charge < -0.3 is 0 Å². The van der Waals surface area contributed by atoms with Crippen LogP contribution in [0.25, 0.3) is 10.8 Å². The highest BCUT2D eigenvalue weighted by Crippen LogP contribution is 2.25. The molecule has 0 spiro atoms. The van der Waals surface area contributed by atoms with Gasteiger partial charge in [0.05, 0.1) is 22.6 Å². The van der Waals surface area contributed by atoms with Crippen molar-refractivity contribution in [1.29, 1.82) is 0 Å². The van der Waals surface area contributed by atoms with Gasteiger partial charge in [0.1, 0.15) is 0 Å². The smallest absolute Gasteiger partial charge is 0.243 e. The summed E-state index contributed by atoms with van der Waals surface area (Å²) in [4.78, 5) is 4.47. The van der Waals surface area contributed by atoms with Gasteiger partial charge in [-0.25, -0.2) is 13.4 Å². The molecule has 21 heavy (non-hydrogen) atoms. The van der Waals surface area contributed by atoms with E-state index in [1.165, 1.54) is 15.6 Å². The van der Waals surface area contributed by atoms with Gasteiger partial charge in [0.25, 0.3) is 0 Å². The summed E-state index contributed by atoms with van der Waals surface area (Å²) in [5.74, 6) is 0. The lowest BCUT2D eigenvalue weighted by atomic mass is 10.1. The molecule has 2 aromatic carbocycles. The van der Waals surface area contributed by atoms with Gasteiger partial charge in [-0.1, -0.05) is 36.4 Å². The fraction of sp³-hybridized carbons (Fsp3) is 0.133. The highest BCUT2D eigenvalue weighted by molar-refractivity contribution is 7.89. The number of aromatic nitrogens is 1. The molecule has 6 heteroatoms. The Morgan fingerprint density at radius 1 is 1.14 bits per heavy atom. The van der Waals surface area contributed by atoms with Crippen LogP contribution >= 0.6 is 11.3 Å². The molecule has 0 amide bonds. The van der Waals surface area contributed by atoms with Crippen molar-refractivity contribution in [1.82, 2.24) is 9.29 Å². The second-order valence-electron chi connectivity index (χ2n) is 4.72. The van der Waals surface area contributed by atoms with Crippen LogP contribution in [-0.4, -0.2) is 24.8 Å². The molecule has 0 saturated carbocycles. The van der Waals surface area contributed by atoms with Gasteiger partial charge in [0.2, 0.25) is 10.0 Å². The highest BCUT2D eigenvalue weighted by atomic mass is 32.2. The van der Waals surface area contributed by atoms with Crippen molar-refractivity contribution in [2.75, 3.05) is 7.05 Å². The first-order chi connectivity index (χ1) is 10.1. The van der Waals surface area contributed by atoms with Crippen molar-refractivity contribution in [3.8, 4) is 0 Å². The van der Waals surface area contributed by atoms with Crippen LogP contribution in [0.4, 0.5) is 0 Å². The molecular weight excluding hydrogens is 304 g/mol. The highest BCUT2D eigenvalue weighted by Gasteiger charge is 2.23. The Labute approximate surface area is 127 Å². The lowest BCUT2D eigenvalue weighted by Crippen LogP contribution is -2.26. The fourth-order valence-corrected chi connectivity index (χ4v) is 4.12. The molecule has 0 fully saturated rings. The number of hydrogen-bond donors (Lipinski definition) is 0. The lowest BCUT2D eigenvalue weighted by Gasteiger charge is -2.17. The van der Waals surface area contributed by atoms with E-state index in [1.54, 1.807) is 24.7 Å². The largest absolute Gasteiger partial charge is 0.248 e. The maximum atomic E-state index is 12.8. The molecule has 0 radical (unpaired) electrons. The molecule has 1 aromatic heterocycles. The summed E-state index contributed by atoms with van der Waals surface area (Å²) in [5.41, 5.74) is 2.46. The SMILES string of the molecule is CN(Cc1cscn1)S(=O)(=O)c1cccc2ccccc12. The number of benzene rings is 2. The van der Waals surface area contributed by atoms with E-state index in [0.29, 0.717) is 4.90 Å². The van der Waals surface area contributed by atoms with Gasteiger partial charge in [-0.15, -0.1) is 11.3 Å². The summed E-state index contributed by atoms with van der Waals surface area (Å²) in [6.07, 6.45) is 0. The molecular formula is C15H14N2O2S2. The zero-order chi connectivity index (χ0) is 14.9. The maximum absolute atomic E-state index is 12.8. The quantitative estimate of drug-likeness (QED) is 0.742. The summed E-state index contributed by atoms with van der Waals surface area (Å²) in [6.45, 7) is 0.273. The van der Waals surface area contributed by atoms with Gasteiger partial charge in [-0.3, -0.25) is 0 Å². The molecule has 3 rings (SSSR count). The minimum atomic E-state index is -3.54. The second kappa shape index (κ2) is 5.55. The van der Waals surface area contributed by atoms with E-state index in [4.69, 9.17) is 0 Å². The van der Waals surface area contributed by atoms with E-state index in [0.717, 1.165) is 16.5 Å². The topological polar surface area (TPSA) is 50.3 Å². The van der Waals surface area contributed by atoms with Crippen LogP contribution in [0.3, 0.4) is 0 Å².